The molecular weight excluding hydrogens is 237 g/mol. The second-order valence-corrected chi connectivity index (χ2v) is 3.67. The van der Waals surface area contributed by atoms with Crippen molar-refractivity contribution in [2.45, 2.75) is 12.5 Å². The highest BCUT2D eigenvalue weighted by molar-refractivity contribution is 9.10. The number of aliphatic hydroxyl groups is 1. The quantitative estimate of drug-likeness (QED) is 0.858. The number of benzene rings is 1. The van der Waals surface area contributed by atoms with E-state index >= 15 is 0 Å². The summed E-state index contributed by atoms with van der Waals surface area (Å²) in [4.78, 5) is 0. The van der Waals surface area contributed by atoms with E-state index < -0.39 is 11.9 Å². The third-order valence-electron chi connectivity index (χ3n) is 1.76. The Morgan fingerprint density at radius 2 is 2.23 bits per heavy atom. The van der Waals surface area contributed by atoms with E-state index in [2.05, 4.69) is 15.9 Å². The zero-order valence-electron chi connectivity index (χ0n) is 7.00. The lowest BCUT2D eigenvalue weighted by molar-refractivity contribution is 0.165. The molecule has 0 fully saturated rings. The minimum atomic E-state index is -0.807. The van der Waals surface area contributed by atoms with Crippen LogP contribution < -0.4 is 5.73 Å². The van der Waals surface area contributed by atoms with E-state index in [1.807, 2.05) is 0 Å². The molecule has 0 aromatic heterocycles. The Labute approximate surface area is 84.7 Å². The van der Waals surface area contributed by atoms with E-state index in [9.17, 15) is 9.50 Å². The number of aliphatic hydroxyl groups excluding tert-OH is 1. The van der Waals surface area contributed by atoms with E-state index in [-0.39, 0.29) is 0 Å². The van der Waals surface area contributed by atoms with Crippen LogP contribution in [0.4, 0.5) is 4.39 Å². The summed E-state index contributed by atoms with van der Waals surface area (Å²) < 4.78 is 13.9. The maximum Gasteiger partial charge on any atom is 0.130 e. The summed E-state index contributed by atoms with van der Waals surface area (Å²) in [5.41, 5.74) is 5.55. The highest BCUT2D eigenvalue weighted by Crippen LogP contribution is 2.22. The number of hydrogen-bond acceptors (Lipinski definition) is 2. The van der Waals surface area contributed by atoms with Gasteiger partial charge in [0.2, 0.25) is 0 Å². The highest BCUT2D eigenvalue weighted by atomic mass is 79.9. The zero-order chi connectivity index (χ0) is 9.84. The molecule has 2 nitrogen and oxygen atoms in total. The first kappa shape index (κ1) is 10.6. The van der Waals surface area contributed by atoms with Crippen LogP contribution in [-0.4, -0.2) is 11.7 Å². The summed E-state index contributed by atoms with van der Waals surface area (Å²) in [5.74, 6) is -0.407. The Kier molecular flexibility index (Phi) is 3.84. The van der Waals surface area contributed by atoms with Gasteiger partial charge in [0.15, 0.2) is 0 Å². The van der Waals surface area contributed by atoms with Crippen molar-refractivity contribution in [3.8, 4) is 0 Å². The van der Waals surface area contributed by atoms with Gasteiger partial charge in [0, 0.05) is 10.0 Å². The van der Waals surface area contributed by atoms with E-state index in [4.69, 9.17) is 5.73 Å². The molecule has 0 saturated carbocycles. The molecule has 0 bridgehead atoms. The lowest BCUT2D eigenvalue weighted by Gasteiger charge is -2.10. The third kappa shape index (κ3) is 2.76. The van der Waals surface area contributed by atoms with Crippen LogP contribution in [0.5, 0.6) is 0 Å². The van der Waals surface area contributed by atoms with Gasteiger partial charge >= 0.3 is 0 Å². The van der Waals surface area contributed by atoms with E-state index in [0.29, 0.717) is 23.0 Å². The summed E-state index contributed by atoms with van der Waals surface area (Å²) in [6, 6.07) is 4.58. The van der Waals surface area contributed by atoms with Crippen molar-refractivity contribution in [1.82, 2.24) is 0 Å². The van der Waals surface area contributed by atoms with Crippen LogP contribution in [0.15, 0.2) is 22.7 Å². The van der Waals surface area contributed by atoms with Gasteiger partial charge in [0.25, 0.3) is 0 Å². The normalized spacial score (nSPS) is 12.9. The Hall–Kier alpha value is -0.450. The highest BCUT2D eigenvalue weighted by Gasteiger charge is 2.11. The summed E-state index contributed by atoms with van der Waals surface area (Å²) in [6.07, 6.45) is -0.434. The molecule has 1 aromatic rings. The topological polar surface area (TPSA) is 46.2 Å². The van der Waals surface area contributed by atoms with Gasteiger partial charge in [-0.1, -0.05) is 22.0 Å². The largest absolute Gasteiger partial charge is 0.388 e. The second kappa shape index (κ2) is 4.69. The standard InChI is InChI=1S/C9H11BrFNO/c10-6-1-2-7(8(11)5-6)9(13)3-4-12/h1-2,5,9,13H,3-4,12H2/t9-/m1/s1. The minimum Gasteiger partial charge on any atom is -0.388 e. The number of rotatable bonds is 3. The fourth-order valence-electron chi connectivity index (χ4n) is 1.09. The SMILES string of the molecule is NCC[C@@H](O)c1ccc(Br)cc1F. The van der Waals surface area contributed by atoms with Gasteiger partial charge in [-0.2, -0.15) is 0 Å². The molecule has 0 aliphatic rings. The van der Waals surface area contributed by atoms with Gasteiger partial charge in [-0.05, 0) is 25.1 Å². The van der Waals surface area contributed by atoms with Crippen LogP contribution in [0, 0.1) is 5.82 Å². The van der Waals surface area contributed by atoms with Gasteiger partial charge in [-0.25, -0.2) is 4.39 Å². The molecule has 1 atom stereocenters. The molecule has 0 heterocycles. The van der Waals surface area contributed by atoms with E-state index in [0.717, 1.165) is 0 Å². The fraction of sp³-hybridized carbons (Fsp3) is 0.333. The van der Waals surface area contributed by atoms with Crippen LogP contribution in [-0.2, 0) is 0 Å². The molecular formula is C9H11BrFNO. The first-order valence-corrected chi connectivity index (χ1v) is 4.77. The summed E-state index contributed by atoms with van der Waals surface area (Å²) >= 11 is 3.14. The number of hydrogen-bond donors (Lipinski definition) is 2. The third-order valence-corrected chi connectivity index (χ3v) is 2.25. The average molecular weight is 248 g/mol. The van der Waals surface area contributed by atoms with Crippen LogP contribution in [0.1, 0.15) is 18.1 Å². The molecule has 1 rings (SSSR count). The lowest BCUT2D eigenvalue weighted by atomic mass is 10.1. The molecule has 0 spiro atoms. The monoisotopic (exact) mass is 247 g/mol. The number of nitrogens with two attached hydrogens (primary N) is 1. The summed E-state index contributed by atoms with van der Waals surface area (Å²) in [5, 5.41) is 9.46. The van der Waals surface area contributed by atoms with Crippen LogP contribution in [0.25, 0.3) is 0 Å². The molecule has 3 N–H and O–H groups in total. The van der Waals surface area contributed by atoms with Crippen LogP contribution in [0.2, 0.25) is 0 Å². The second-order valence-electron chi connectivity index (χ2n) is 2.76. The van der Waals surface area contributed by atoms with Crippen molar-refractivity contribution in [2.75, 3.05) is 6.54 Å². The van der Waals surface area contributed by atoms with Crippen molar-refractivity contribution < 1.29 is 9.50 Å². The van der Waals surface area contributed by atoms with Crippen molar-refractivity contribution in [2.24, 2.45) is 5.73 Å². The summed E-state index contributed by atoms with van der Waals surface area (Å²) in [6.45, 7) is 0.344. The predicted octanol–water partition coefficient (Wildman–Crippen LogP) is 1.97. The van der Waals surface area contributed by atoms with Gasteiger partial charge < -0.3 is 10.8 Å². The minimum absolute atomic E-state index is 0.300. The Morgan fingerprint density at radius 1 is 1.54 bits per heavy atom. The van der Waals surface area contributed by atoms with Crippen molar-refractivity contribution >= 4 is 15.9 Å². The molecule has 0 aliphatic heterocycles. The summed E-state index contributed by atoms with van der Waals surface area (Å²) in [7, 11) is 0. The molecule has 0 radical (unpaired) electrons. The van der Waals surface area contributed by atoms with Crippen molar-refractivity contribution in [3.63, 3.8) is 0 Å². The molecule has 0 unspecified atom stereocenters. The van der Waals surface area contributed by atoms with Gasteiger partial charge in [0.05, 0.1) is 6.10 Å². The van der Waals surface area contributed by atoms with Gasteiger partial charge in [-0.15, -0.1) is 0 Å². The number of halogens is 2. The molecule has 4 heteroatoms. The molecule has 0 aliphatic carbocycles. The Bertz CT molecular complexity index is 293. The van der Waals surface area contributed by atoms with Crippen LogP contribution >= 0.6 is 15.9 Å². The predicted molar refractivity (Wildman–Crippen MR) is 52.7 cm³/mol. The molecule has 1 aromatic carbocycles. The van der Waals surface area contributed by atoms with E-state index in [1.54, 1.807) is 12.1 Å². The van der Waals surface area contributed by atoms with E-state index in [1.165, 1.54) is 6.07 Å². The van der Waals surface area contributed by atoms with Gasteiger partial charge in [-0.3, -0.25) is 0 Å². The first-order valence-electron chi connectivity index (χ1n) is 3.98. The van der Waals surface area contributed by atoms with Gasteiger partial charge in [0.1, 0.15) is 5.82 Å². The average Bonchev–Trinajstić information content (AvgIpc) is 2.04. The maximum absolute atomic E-state index is 13.2. The first-order chi connectivity index (χ1) is 6.15. The van der Waals surface area contributed by atoms with Crippen molar-refractivity contribution in [1.29, 1.82) is 0 Å². The maximum atomic E-state index is 13.2. The van der Waals surface area contributed by atoms with Crippen LogP contribution in [0.3, 0.4) is 0 Å². The van der Waals surface area contributed by atoms with Crippen molar-refractivity contribution in [3.05, 3.63) is 34.1 Å². The molecule has 13 heavy (non-hydrogen) atoms. The smallest absolute Gasteiger partial charge is 0.130 e. The zero-order valence-corrected chi connectivity index (χ0v) is 8.59. The molecule has 72 valence electrons. The molecule has 0 amide bonds. The lowest BCUT2D eigenvalue weighted by Crippen LogP contribution is -2.08. The molecule has 0 saturated heterocycles. The Morgan fingerprint density at radius 3 is 2.77 bits per heavy atom. The Balaban J connectivity index is 2.88. The fourth-order valence-corrected chi connectivity index (χ4v) is 1.42.